The van der Waals surface area contributed by atoms with Crippen LogP contribution in [0.25, 0.3) is 17.0 Å². The van der Waals surface area contributed by atoms with E-state index in [1.54, 1.807) is 12.1 Å². The molecule has 1 aromatic heterocycles. The largest absolute Gasteiger partial charge is 0.384 e. The molecule has 4 heteroatoms. The van der Waals surface area contributed by atoms with E-state index >= 15 is 0 Å². The van der Waals surface area contributed by atoms with Crippen molar-refractivity contribution in [1.82, 2.24) is 15.3 Å². The molecule has 0 radical (unpaired) electrons. The molecule has 0 unspecified atom stereocenters. The second kappa shape index (κ2) is 6.26. The molecule has 0 saturated heterocycles. The van der Waals surface area contributed by atoms with Crippen molar-refractivity contribution in [2.24, 2.45) is 0 Å². The van der Waals surface area contributed by atoms with Crippen molar-refractivity contribution in [2.45, 2.75) is 13.0 Å². The quantitative estimate of drug-likeness (QED) is 0.776. The molecule has 3 aromatic rings. The Kier molecular flexibility index (Phi) is 4.01. The Morgan fingerprint density at radius 2 is 1.82 bits per heavy atom. The summed E-state index contributed by atoms with van der Waals surface area (Å²) >= 11 is 0. The molecule has 0 aliphatic rings. The third-order valence-corrected chi connectivity index (χ3v) is 3.52. The Bertz CT molecular complexity index is 853. The molecule has 110 valence electrons. The van der Waals surface area contributed by atoms with Gasteiger partial charge in [-0.05, 0) is 30.7 Å². The number of nitrogens with zero attached hydrogens (tertiary/aromatic N) is 1. The van der Waals surface area contributed by atoms with E-state index < -0.39 is 0 Å². The maximum atomic E-state index is 12.0. The molecule has 0 amide bonds. The van der Waals surface area contributed by atoms with Crippen molar-refractivity contribution >= 4 is 17.0 Å². The zero-order chi connectivity index (χ0) is 15.4. The van der Waals surface area contributed by atoms with Crippen LogP contribution in [0, 0.1) is 0 Å². The summed E-state index contributed by atoms with van der Waals surface area (Å²) in [4.78, 5) is 19.2. The molecule has 0 fully saturated rings. The SMILES string of the molecule is C[C@H](N/C=C/c1nc2ccccc2c(=O)[nH]1)c1ccccc1. The van der Waals surface area contributed by atoms with Crippen molar-refractivity contribution in [3.8, 4) is 0 Å². The van der Waals surface area contributed by atoms with Crippen LogP contribution in [0.15, 0.2) is 65.6 Å². The van der Waals surface area contributed by atoms with Gasteiger partial charge in [0.2, 0.25) is 0 Å². The molecule has 0 aliphatic heterocycles. The summed E-state index contributed by atoms with van der Waals surface area (Å²) in [5.74, 6) is 0.538. The highest BCUT2D eigenvalue weighted by Gasteiger charge is 2.02. The molecule has 1 atom stereocenters. The first-order valence-electron chi connectivity index (χ1n) is 7.20. The summed E-state index contributed by atoms with van der Waals surface area (Å²) in [7, 11) is 0. The van der Waals surface area contributed by atoms with Gasteiger partial charge in [0.05, 0.1) is 10.9 Å². The van der Waals surface area contributed by atoms with E-state index in [4.69, 9.17) is 0 Å². The molecule has 0 bridgehead atoms. The summed E-state index contributed by atoms with van der Waals surface area (Å²) in [6, 6.07) is 17.7. The lowest BCUT2D eigenvalue weighted by atomic mass is 10.1. The first-order valence-corrected chi connectivity index (χ1v) is 7.20. The lowest BCUT2D eigenvalue weighted by Crippen LogP contribution is -2.12. The van der Waals surface area contributed by atoms with E-state index in [2.05, 4.69) is 34.3 Å². The molecule has 2 N–H and O–H groups in total. The molecule has 0 aliphatic carbocycles. The minimum atomic E-state index is -0.124. The van der Waals surface area contributed by atoms with Crippen LogP contribution in [0.3, 0.4) is 0 Å². The lowest BCUT2D eigenvalue weighted by molar-refractivity contribution is 0.688. The number of benzene rings is 2. The van der Waals surface area contributed by atoms with Crippen LogP contribution >= 0.6 is 0 Å². The Morgan fingerprint density at radius 3 is 2.64 bits per heavy atom. The van der Waals surface area contributed by atoms with Gasteiger partial charge in [-0.25, -0.2) is 4.98 Å². The van der Waals surface area contributed by atoms with Crippen molar-refractivity contribution in [1.29, 1.82) is 0 Å². The van der Waals surface area contributed by atoms with Gasteiger partial charge in [-0.1, -0.05) is 42.5 Å². The minimum absolute atomic E-state index is 0.124. The van der Waals surface area contributed by atoms with E-state index in [0.717, 1.165) is 0 Å². The Morgan fingerprint density at radius 1 is 1.09 bits per heavy atom. The molecular formula is C18H17N3O. The highest BCUT2D eigenvalue weighted by molar-refractivity contribution is 5.77. The van der Waals surface area contributed by atoms with E-state index in [9.17, 15) is 4.79 Å². The van der Waals surface area contributed by atoms with Gasteiger partial charge in [0.15, 0.2) is 0 Å². The number of hydrogen-bond donors (Lipinski definition) is 2. The van der Waals surface area contributed by atoms with Gasteiger partial charge in [-0.3, -0.25) is 4.79 Å². The molecule has 22 heavy (non-hydrogen) atoms. The van der Waals surface area contributed by atoms with Gasteiger partial charge in [0.1, 0.15) is 5.82 Å². The Hall–Kier alpha value is -2.88. The number of rotatable bonds is 4. The Labute approximate surface area is 128 Å². The maximum absolute atomic E-state index is 12.0. The maximum Gasteiger partial charge on any atom is 0.259 e. The van der Waals surface area contributed by atoms with Crippen LogP contribution in [0.4, 0.5) is 0 Å². The lowest BCUT2D eigenvalue weighted by Gasteiger charge is -2.11. The van der Waals surface area contributed by atoms with Crippen LogP contribution in [0.2, 0.25) is 0 Å². The number of para-hydroxylation sites is 1. The number of hydrogen-bond acceptors (Lipinski definition) is 3. The Balaban J connectivity index is 1.77. The molecule has 0 saturated carbocycles. The normalized spacial score (nSPS) is 12.6. The first-order chi connectivity index (χ1) is 10.7. The third-order valence-electron chi connectivity index (χ3n) is 3.52. The van der Waals surface area contributed by atoms with Crippen molar-refractivity contribution in [3.63, 3.8) is 0 Å². The van der Waals surface area contributed by atoms with Crippen LogP contribution in [0.1, 0.15) is 24.4 Å². The predicted molar refractivity (Wildman–Crippen MR) is 89.4 cm³/mol. The predicted octanol–water partition coefficient (Wildman–Crippen LogP) is 3.24. The number of H-pyrrole nitrogens is 1. The van der Waals surface area contributed by atoms with E-state index in [1.807, 2.05) is 42.6 Å². The third kappa shape index (κ3) is 3.06. The zero-order valence-electron chi connectivity index (χ0n) is 12.3. The number of aromatic nitrogens is 2. The van der Waals surface area contributed by atoms with Crippen LogP contribution in [0.5, 0.6) is 0 Å². The molecule has 1 heterocycles. The van der Waals surface area contributed by atoms with Gasteiger partial charge >= 0.3 is 0 Å². The van der Waals surface area contributed by atoms with Crippen molar-refractivity contribution in [2.75, 3.05) is 0 Å². The fourth-order valence-electron chi connectivity index (χ4n) is 2.29. The smallest absolute Gasteiger partial charge is 0.259 e. The molecule has 0 spiro atoms. The highest BCUT2D eigenvalue weighted by Crippen LogP contribution is 2.11. The highest BCUT2D eigenvalue weighted by atomic mass is 16.1. The summed E-state index contributed by atoms with van der Waals surface area (Å²) < 4.78 is 0. The van der Waals surface area contributed by atoms with Gasteiger partial charge in [-0.2, -0.15) is 0 Å². The standard InChI is InChI=1S/C18H17N3O/c1-13(14-7-3-2-4-8-14)19-12-11-17-20-16-10-6-5-9-15(16)18(22)21-17/h2-13,19H,1H3,(H,20,21,22)/b12-11+/t13-/m0/s1. The second-order valence-electron chi connectivity index (χ2n) is 5.10. The summed E-state index contributed by atoms with van der Waals surface area (Å²) in [6.07, 6.45) is 3.58. The number of nitrogens with one attached hydrogen (secondary N) is 2. The second-order valence-corrected chi connectivity index (χ2v) is 5.10. The van der Waals surface area contributed by atoms with Gasteiger partial charge in [0.25, 0.3) is 5.56 Å². The van der Waals surface area contributed by atoms with E-state index in [-0.39, 0.29) is 11.6 Å². The van der Waals surface area contributed by atoms with Crippen LogP contribution in [-0.4, -0.2) is 9.97 Å². The summed E-state index contributed by atoms with van der Waals surface area (Å²) in [5.41, 5.74) is 1.77. The van der Waals surface area contributed by atoms with Crippen molar-refractivity contribution in [3.05, 3.63) is 82.5 Å². The monoisotopic (exact) mass is 291 g/mol. The van der Waals surface area contributed by atoms with E-state index in [0.29, 0.717) is 16.7 Å². The summed E-state index contributed by atoms with van der Waals surface area (Å²) in [6.45, 7) is 2.08. The fraction of sp³-hybridized carbons (Fsp3) is 0.111. The van der Waals surface area contributed by atoms with Crippen LogP contribution in [-0.2, 0) is 0 Å². The molecule has 3 rings (SSSR count). The molecular weight excluding hydrogens is 274 g/mol. The molecule has 4 nitrogen and oxygen atoms in total. The van der Waals surface area contributed by atoms with Gasteiger partial charge < -0.3 is 10.3 Å². The molecule has 2 aromatic carbocycles. The number of fused-ring (bicyclic) bond motifs is 1. The average molecular weight is 291 g/mol. The number of aromatic amines is 1. The first kappa shape index (κ1) is 14.1. The average Bonchev–Trinajstić information content (AvgIpc) is 2.56. The topological polar surface area (TPSA) is 57.8 Å². The fourth-order valence-corrected chi connectivity index (χ4v) is 2.29. The minimum Gasteiger partial charge on any atom is -0.384 e. The van der Waals surface area contributed by atoms with Crippen molar-refractivity contribution < 1.29 is 0 Å². The van der Waals surface area contributed by atoms with Crippen LogP contribution < -0.4 is 10.9 Å². The summed E-state index contributed by atoms with van der Waals surface area (Å²) in [5, 5.41) is 3.87. The van der Waals surface area contributed by atoms with Gasteiger partial charge in [-0.15, -0.1) is 0 Å². The van der Waals surface area contributed by atoms with E-state index in [1.165, 1.54) is 5.56 Å². The zero-order valence-corrected chi connectivity index (χ0v) is 12.3. The van der Waals surface area contributed by atoms with Gasteiger partial charge in [0, 0.05) is 12.2 Å².